The highest BCUT2D eigenvalue weighted by molar-refractivity contribution is 5.95. The van der Waals surface area contributed by atoms with Crippen molar-refractivity contribution in [2.24, 2.45) is 5.92 Å². The minimum atomic E-state index is -0.587. The number of ether oxygens (including phenoxy) is 2. The molecular formula is C27H34N2O5. The summed E-state index contributed by atoms with van der Waals surface area (Å²) in [5.74, 6) is -0.642. The number of amides is 3. The summed E-state index contributed by atoms with van der Waals surface area (Å²) in [6, 6.07) is 19.2. The molecule has 0 aliphatic carbocycles. The van der Waals surface area contributed by atoms with Crippen LogP contribution in [0.2, 0.25) is 0 Å². The molecule has 3 amide bonds. The second-order valence-corrected chi connectivity index (χ2v) is 9.59. The van der Waals surface area contributed by atoms with Crippen LogP contribution < -0.4 is 5.32 Å². The molecule has 2 aromatic rings. The molecule has 0 unspecified atom stereocenters. The number of benzene rings is 2. The van der Waals surface area contributed by atoms with Crippen LogP contribution in [0.25, 0.3) is 0 Å². The number of nitrogens with zero attached hydrogens (tertiary/aromatic N) is 1. The van der Waals surface area contributed by atoms with Crippen molar-refractivity contribution in [3.8, 4) is 0 Å². The smallest absolute Gasteiger partial charge is 0.416 e. The van der Waals surface area contributed by atoms with E-state index >= 15 is 0 Å². The van der Waals surface area contributed by atoms with E-state index in [0.717, 1.165) is 11.1 Å². The Labute approximate surface area is 201 Å². The molecule has 1 aliphatic rings. The van der Waals surface area contributed by atoms with Crippen LogP contribution in [0, 0.1) is 5.92 Å². The molecule has 0 bridgehead atoms. The van der Waals surface area contributed by atoms with Crippen LogP contribution in [0.3, 0.4) is 0 Å². The van der Waals surface area contributed by atoms with Gasteiger partial charge in [0.15, 0.2) is 0 Å². The summed E-state index contributed by atoms with van der Waals surface area (Å²) >= 11 is 0. The molecule has 182 valence electrons. The van der Waals surface area contributed by atoms with Crippen LogP contribution in [-0.2, 0) is 27.1 Å². The Hall–Kier alpha value is -3.35. The summed E-state index contributed by atoms with van der Waals surface area (Å²) < 4.78 is 10.5. The van der Waals surface area contributed by atoms with Crippen molar-refractivity contribution in [3.63, 3.8) is 0 Å². The van der Waals surface area contributed by atoms with E-state index in [0.29, 0.717) is 32.2 Å². The number of rotatable bonds is 9. The second kappa shape index (κ2) is 11.7. The lowest BCUT2D eigenvalue weighted by Crippen LogP contribution is -2.44. The maximum atomic E-state index is 13.6. The summed E-state index contributed by atoms with van der Waals surface area (Å²) in [7, 11) is 0. The van der Waals surface area contributed by atoms with E-state index in [1.54, 1.807) is 0 Å². The first-order valence-corrected chi connectivity index (χ1v) is 11.8. The van der Waals surface area contributed by atoms with Crippen molar-refractivity contribution in [2.45, 2.75) is 58.1 Å². The lowest BCUT2D eigenvalue weighted by molar-refractivity contribution is -0.133. The van der Waals surface area contributed by atoms with E-state index in [-0.39, 0.29) is 18.6 Å². The first-order chi connectivity index (χ1) is 16.2. The van der Waals surface area contributed by atoms with E-state index in [9.17, 15) is 14.4 Å². The summed E-state index contributed by atoms with van der Waals surface area (Å²) in [6.45, 7) is 6.00. The lowest BCUT2D eigenvalue weighted by Gasteiger charge is -2.25. The van der Waals surface area contributed by atoms with Crippen LogP contribution in [0.1, 0.15) is 44.7 Å². The van der Waals surface area contributed by atoms with Crippen LogP contribution in [0.15, 0.2) is 60.7 Å². The third-order valence-electron chi connectivity index (χ3n) is 5.58. The van der Waals surface area contributed by atoms with Gasteiger partial charge in [-0.25, -0.2) is 14.5 Å². The average Bonchev–Trinajstić information content (AvgIpc) is 3.15. The van der Waals surface area contributed by atoms with Gasteiger partial charge in [0.1, 0.15) is 12.2 Å². The Morgan fingerprint density at radius 3 is 2.29 bits per heavy atom. The highest BCUT2D eigenvalue weighted by Gasteiger charge is 2.40. The van der Waals surface area contributed by atoms with Crippen molar-refractivity contribution < 1.29 is 23.9 Å². The largest absolute Gasteiger partial charge is 0.447 e. The van der Waals surface area contributed by atoms with Gasteiger partial charge in [-0.1, -0.05) is 60.7 Å². The van der Waals surface area contributed by atoms with Crippen molar-refractivity contribution in [1.82, 2.24) is 10.2 Å². The van der Waals surface area contributed by atoms with Gasteiger partial charge >= 0.3 is 12.2 Å². The third-order valence-corrected chi connectivity index (χ3v) is 5.58. The van der Waals surface area contributed by atoms with Crippen LogP contribution in [-0.4, -0.2) is 47.8 Å². The zero-order valence-corrected chi connectivity index (χ0v) is 20.2. The number of carbonyl (C=O) groups excluding carboxylic acids is 3. The maximum absolute atomic E-state index is 13.6. The molecular weight excluding hydrogens is 432 g/mol. The maximum Gasteiger partial charge on any atom is 0.416 e. The number of hydrogen-bond acceptors (Lipinski definition) is 5. The number of imide groups is 1. The number of cyclic esters (lactones) is 1. The molecule has 1 heterocycles. The minimum absolute atomic E-state index is 0.192. The SMILES string of the molecule is CC(C)(C)OC(=O)NCCC[C@@H](Cc1ccccc1)C(=O)N1C(=O)OC[C@H]1Cc1ccccc1. The molecule has 1 N–H and O–H groups in total. The van der Waals surface area contributed by atoms with E-state index in [1.807, 2.05) is 81.4 Å². The predicted octanol–water partition coefficient (Wildman–Crippen LogP) is 4.74. The van der Waals surface area contributed by atoms with Gasteiger partial charge in [0.05, 0.1) is 6.04 Å². The summed E-state index contributed by atoms with van der Waals surface area (Å²) in [6.07, 6.45) is 1.09. The van der Waals surface area contributed by atoms with Gasteiger partial charge in [-0.3, -0.25) is 4.79 Å². The zero-order valence-electron chi connectivity index (χ0n) is 20.2. The molecule has 2 atom stereocenters. The fraction of sp³-hybridized carbons (Fsp3) is 0.444. The highest BCUT2D eigenvalue weighted by Crippen LogP contribution is 2.24. The number of alkyl carbamates (subject to hydrolysis) is 1. The van der Waals surface area contributed by atoms with E-state index in [1.165, 1.54) is 4.90 Å². The Morgan fingerprint density at radius 2 is 1.68 bits per heavy atom. The van der Waals surface area contributed by atoms with Gasteiger partial charge in [-0.2, -0.15) is 0 Å². The Morgan fingerprint density at radius 1 is 1.06 bits per heavy atom. The van der Waals surface area contributed by atoms with Gasteiger partial charge in [-0.05, 0) is 57.6 Å². The molecule has 0 radical (unpaired) electrons. The molecule has 1 fully saturated rings. The topological polar surface area (TPSA) is 84.9 Å². The fourth-order valence-electron chi connectivity index (χ4n) is 4.03. The van der Waals surface area contributed by atoms with Crippen molar-refractivity contribution in [1.29, 1.82) is 0 Å². The van der Waals surface area contributed by atoms with E-state index in [4.69, 9.17) is 9.47 Å². The first kappa shape index (κ1) is 25.3. The second-order valence-electron chi connectivity index (χ2n) is 9.59. The average molecular weight is 467 g/mol. The molecule has 0 saturated carbocycles. The molecule has 1 saturated heterocycles. The van der Waals surface area contributed by atoms with Gasteiger partial charge < -0.3 is 14.8 Å². The standard InChI is InChI=1S/C27H34N2O5/c1-27(2,3)34-25(31)28-16-10-15-22(17-20-11-6-4-7-12-20)24(30)29-23(19-33-26(29)32)18-21-13-8-5-9-14-21/h4-9,11-14,22-23H,10,15-19H2,1-3H3,(H,28,31)/t22-,23+/m0/s1. The molecule has 7 heteroatoms. The summed E-state index contributed by atoms with van der Waals surface area (Å²) in [5, 5.41) is 2.74. The molecule has 3 rings (SSSR count). The van der Waals surface area contributed by atoms with Gasteiger partial charge in [0, 0.05) is 12.5 Å². The molecule has 2 aromatic carbocycles. The fourth-order valence-corrected chi connectivity index (χ4v) is 4.03. The number of carbonyl (C=O) groups is 3. The van der Waals surface area contributed by atoms with Gasteiger partial charge in [-0.15, -0.1) is 0 Å². The first-order valence-electron chi connectivity index (χ1n) is 11.8. The Balaban J connectivity index is 1.66. The van der Waals surface area contributed by atoms with E-state index < -0.39 is 23.7 Å². The molecule has 34 heavy (non-hydrogen) atoms. The minimum Gasteiger partial charge on any atom is -0.447 e. The quantitative estimate of drug-likeness (QED) is 0.540. The van der Waals surface area contributed by atoms with Gasteiger partial charge in [0.25, 0.3) is 0 Å². The summed E-state index contributed by atoms with van der Waals surface area (Å²) in [4.78, 5) is 39.3. The Kier molecular flexibility index (Phi) is 8.68. The molecule has 1 aliphatic heterocycles. The summed E-state index contributed by atoms with van der Waals surface area (Å²) in [5.41, 5.74) is 1.50. The lowest BCUT2D eigenvalue weighted by atomic mass is 9.92. The van der Waals surface area contributed by atoms with Crippen molar-refractivity contribution in [2.75, 3.05) is 13.2 Å². The monoisotopic (exact) mass is 466 g/mol. The van der Waals surface area contributed by atoms with Crippen LogP contribution >= 0.6 is 0 Å². The van der Waals surface area contributed by atoms with Gasteiger partial charge in [0.2, 0.25) is 5.91 Å². The normalized spacial score (nSPS) is 16.6. The zero-order chi connectivity index (χ0) is 24.6. The Bertz CT molecular complexity index is 956. The highest BCUT2D eigenvalue weighted by atomic mass is 16.6. The van der Waals surface area contributed by atoms with E-state index in [2.05, 4.69) is 5.32 Å². The molecule has 0 aromatic heterocycles. The molecule has 7 nitrogen and oxygen atoms in total. The number of hydrogen-bond donors (Lipinski definition) is 1. The number of nitrogens with one attached hydrogen (secondary N) is 1. The van der Waals surface area contributed by atoms with Crippen LogP contribution in [0.4, 0.5) is 9.59 Å². The van der Waals surface area contributed by atoms with Crippen molar-refractivity contribution in [3.05, 3.63) is 71.8 Å². The van der Waals surface area contributed by atoms with Crippen molar-refractivity contribution >= 4 is 18.1 Å². The van der Waals surface area contributed by atoms with Crippen LogP contribution in [0.5, 0.6) is 0 Å². The predicted molar refractivity (Wildman–Crippen MR) is 129 cm³/mol. The molecule has 0 spiro atoms. The third kappa shape index (κ3) is 7.61.